The molecule has 0 atom stereocenters. The van der Waals surface area contributed by atoms with Gasteiger partial charge in [0.25, 0.3) is 0 Å². The molecule has 2 rings (SSSR count). The van der Waals surface area contributed by atoms with Gasteiger partial charge >= 0.3 is 0 Å². The van der Waals surface area contributed by atoms with Crippen molar-refractivity contribution in [1.29, 1.82) is 0 Å². The molecule has 0 radical (unpaired) electrons. The molecule has 0 saturated heterocycles. The average Bonchev–Trinajstić information content (AvgIpc) is 2.38. The van der Waals surface area contributed by atoms with Gasteiger partial charge in [-0.05, 0) is 43.2 Å². The van der Waals surface area contributed by atoms with Gasteiger partial charge in [0.1, 0.15) is 0 Å². The summed E-state index contributed by atoms with van der Waals surface area (Å²) in [5.41, 5.74) is 4.09. The van der Waals surface area contributed by atoms with Crippen molar-refractivity contribution in [3.8, 4) is 0 Å². The van der Waals surface area contributed by atoms with Crippen LogP contribution in [0.5, 0.6) is 0 Å². The van der Waals surface area contributed by atoms with E-state index in [1.807, 2.05) is 56.3 Å². The van der Waals surface area contributed by atoms with Crippen molar-refractivity contribution in [2.45, 2.75) is 13.8 Å². The number of hydrogen-bond acceptors (Lipinski definition) is 2. The second-order valence-corrected chi connectivity index (χ2v) is 5.59. The zero-order valence-electron chi connectivity index (χ0n) is 11.5. The number of rotatable bonds is 4. The Balaban J connectivity index is 1.96. The first-order valence-corrected chi connectivity index (χ1v) is 7.21. The van der Waals surface area contributed by atoms with E-state index < -0.39 is 0 Å². The van der Waals surface area contributed by atoms with Gasteiger partial charge in [-0.2, -0.15) is 0 Å². The number of amides is 1. The molecular weight excluding hydrogens is 316 g/mol. The van der Waals surface area contributed by atoms with Crippen LogP contribution in [-0.4, -0.2) is 12.5 Å². The van der Waals surface area contributed by atoms with Gasteiger partial charge in [-0.25, -0.2) is 0 Å². The molecular formula is C16H17BrN2O. The van der Waals surface area contributed by atoms with Crippen molar-refractivity contribution in [3.05, 3.63) is 58.1 Å². The third-order valence-electron chi connectivity index (χ3n) is 3.02. The molecule has 2 N–H and O–H groups in total. The number of aryl methyl sites for hydroxylation is 2. The molecule has 0 spiro atoms. The third kappa shape index (κ3) is 3.84. The number of carbonyl (C=O) groups is 1. The molecule has 20 heavy (non-hydrogen) atoms. The topological polar surface area (TPSA) is 41.1 Å². The Labute approximate surface area is 127 Å². The molecule has 2 aromatic carbocycles. The average molecular weight is 333 g/mol. The van der Waals surface area contributed by atoms with Gasteiger partial charge in [0.2, 0.25) is 5.91 Å². The van der Waals surface area contributed by atoms with Gasteiger partial charge in [-0.3, -0.25) is 4.79 Å². The molecule has 4 heteroatoms. The molecule has 0 aliphatic rings. The van der Waals surface area contributed by atoms with Crippen LogP contribution in [0.4, 0.5) is 11.4 Å². The highest BCUT2D eigenvalue weighted by Crippen LogP contribution is 2.19. The second-order valence-electron chi connectivity index (χ2n) is 4.68. The van der Waals surface area contributed by atoms with E-state index in [9.17, 15) is 4.79 Å². The summed E-state index contributed by atoms with van der Waals surface area (Å²) in [6.07, 6.45) is 0. The van der Waals surface area contributed by atoms with Crippen LogP contribution >= 0.6 is 15.9 Å². The maximum absolute atomic E-state index is 11.9. The molecule has 0 aliphatic heterocycles. The Morgan fingerprint density at radius 1 is 1.10 bits per heavy atom. The molecule has 0 fully saturated rings. The van der Waals surface area contributed by atoms with Crippen LogP contribution in [0.2, 0.25) is 0 Å². The number of benzene rings is 2. The largest absolute Gasteiger partial charge is 0.376 e. The van der Waals surface area contributed by atoms with Gasteiger partial charge in [0, 0.05) is 15.8 Å². The molecule has 0 bridgehead atoms. The van der Waals surface area contributed by atoms with Crippen molar-refractivity contribution in [3.63, 3.8) is 0 Å². The maximum Gasteiger partial charge on any atom is 0.243 e. The van der Waals surface area contributed by atoms with E-state index in [-0.39, 0.29) is 12.5 Å². The highest BCUT2D eigenvalue weighted by molar-refractivity contribution is 9.10. The summed E-state index contributed by atoms with van der Waals surface area (Å²) in [5, 5.41) is 6.05. The van der Waals surface area contributed by atoms with Crippen LogP contribution in [0.15, 0.2) is 46.9 Å². The number of halogens is 1. The molecule has 2 aromatic rings. The predicted octanol–water partition coefficient (Wildman–Crippen LogP) is 4.12. The maximum atomic E-state index is 11.9. The van der Waals surface area contributed by atoms with Gasteiger partial charge in [-0.15, -0.1) is 0 Å². The van der Waals surface area contributed by atoms with Gasteiger partial charge in [0.15, 0.2) is 0 Å². The summed E-state index contributed by atoms with van der Waals surface area (Å²) in [4.78, 5) is 11.9. The zero-order valence-corrected chi connectivity index (χ0v) is 13.1. The van der Waals surface area contributed by atoms with Crippen LogP contribution in [0, 0.1) is 13.8 Å². The lowest BCUT2D eigenvalue weighted by atomic mass is 10.1. The molecule has 0 aliphatic carbocycles. The van der Waals surface area contributed by atoms with E-state index in [0.29, 0.717) is 0 Å². The number of anilines is 2. The van der Waals surface area contributed by atoms with Gasteiger partial charge < -0.3 is 10.6 Å². The summed E-state index contributed by atoms with van der Waals surface area (Å²) >= 11 is 3.38. The van der Waals surface area contributed by atoms with E-state index in [4.69, 9.17) is 0 Å². The molecule has 0 saturated carbocycles. The first-order chi connectivity index (χ1) is 9.56. The van der Waals surface area contributed by atoms with Crippen molar-refractivity contribution in [1.82, 2.24) is 0 Å². The van der Waals surface area contributed by atoms with Crippen molar-refractivity contribution in [2.75, 3.05) is 17.2 Å². The highest BCUT2D eigenvalue weighted by atomic mass is 79.9. The van der Waals surface area contributed by atoms with Crippen LogP contribution in [0.3, 0.4) is 0 Å². The fraction of sp³-hybridized carbons (Fsp3) is 0.188. The Bertz CT molecular complexity index is 605. The summed E-state index contributed by atoms with van der Waals surface area (Å²) in [5.74, 6) is -0.0641. The molecule has 0 aromatic heterocycles. The lowest BCUT2D eigenvalue weighted by molar-refractivity contribution is -0.114. The molecule has 3 nitrogen and oxygen atoms in total. The smallest absolute Gasteiger partial charge is 0.243 e. The summed E-state index contributed by atoms with van der Waals surface area (Å²) < 4.78 is 0.943. The standard InChI is InChI=1S/C16H17BrN2O/c1-11-5-3-6-12(2)16(11)18-10-15(20)19-14-8-4-7-13(17)9-14/h3-9,18H,10H2,1-2H3,(H,19,20). The fourth-order valence-electron chi connectivity index (χ4n) is 2.03. The lowest BCUT2D eigenvalue weighted by Crippen LogP contribution is -2.22. The van der Waals surface area contributed by atoms with E-state index in [1.165, 1.54) is 0 Å². The normalized spacial score (nSPS) is 10.2. The first-order valence-electron chi connectivity index (χ1n) is 6.42. The minimum Gasteiger partial charge on any atom is -0.376 e. The minimum absolute atomic E-state index is 0.0641. The van der Waals surface area contributed by atoms with Crippen LogP contribution < -0.4 is 10.6 Å². The minimum atomic E-state index is -0.0641. The van der Waals surface area contributed by atoms with Crippen molar-refractivity contribution < 1.29 is 4.79 Å². The monoisotopic (exact) mass is 332 g/mol. The molecule has 0 heterocycles. The van der Waals surface area contributed by atoms with Crippen LogP contribution in [0.1, 0.15) is 11.1 Å². The van der Waals surface area contributed by atoms with E-state index in [2.05, 4.69) is 26.6 Å². The predicted molar refractivity (Wildman–Crippen MR) is 87.2 cm³/mol. The van der Waals surface area contributed by atoms with Crippen LogP contribution in [-0.2, 0) is 4.79 Å². The van der Waals surface area contributed by atoms with E-state index in [0.717, 1.165) is 27.0 Å². The van der Waals surface area contributed by atoms with E-state index >= 15 is 0 Å². The first kappa shape index (κ1) is 14.6. The number of nitrogens with one attached hydrogen (secondary N) is 2. The van der Waals surface area contributed by atoms with E-state index in [1.54, 1.807) is 0 Å². The van der Waals surface area contributed by atoms with Gasteiger partial charge in [-0.1, -0.05) is 40.2 Å². The Morgan fingerprint density at radius 2 is 1.75 bits per heavy atom. The second kappa shape index (κ2) is 6.57. The summed E-state index contributed by atoms with van der Waals surface area (Å²) in [7, 11) is 0. The Morgan fingerprint density at radius 3 is 2.40 bits per heavy atom. The molecule has 0 unspecified atom stereocenters. The zero-order chi connectivity index (χ0) is 14.5. The fourth-order valence-corrected chi connectivity index (χ4v) is 2.43. The Kier molecular flexibility index (Phi) is 4.79. The number of carbonyl (C=O) groups excluding carboxylic acids is 1. The summed E-state index contributed by atoms with van der Waals surface area (Å²) in [6, 6.07) is 13.6. The molecule has 104 valence electrons. The van der Waals surface area contributed by atoms with Crippen molar-refractivity contribution >= 4 is 33.2 Å². The Hall–Kier alpha value is -1.81. The quantitative estimate of drug-likeness (QED) is 0.884. The number of hydrogen-bond donors (Lipinski definition) is 2. The van der Waals surface area contributed by atoms with Gasteiger partial charge in [0.05, 0.1) is 6.54 Å². The SMILES string of the molecule is Cc1cccc(C)c1NCC(=O)Nc1cccc(Br)c1. The highest BCUT2D eigenvalue weighted by Gasteiger charge is 2.05. The van der Waals surface area contributed by atoms with Crippen LogP contribution in [0.25, 0.3) is 0 Å². The summed E-state index contributed by atoms with van der Waals surface area (Å²) in [6.45, 7) is 4.31. The molecule has 1 amide bonds. The third-order valence-corrected chi connectivity index (χ3v) is 3.51. The lowest BCUT2D eigenvalue weighted by Gasteiger charge is -2.12. The number of para-hydroxylation sites is 1. The van der Waals surface area contributed by atoms with Crippen molar-refractivity contribution in [2.24, 2.45) is 0 Å².